The van der Waals surface area contributed by atoms with Gasteiger partial charge in [0.05, 0.1) is 6.20 Å². The molecule has 2 rings (SSSR count). The fourth-order valence-corrected chi connectivity index (χ4v) is 0.937. The number of aromatic nitrogens is 2. The summed E-state index contributed by atoms with van der Waals surface area (Å²) >= 11 is 5.38. The topological polar surface area (TPSA) is 70.1 Å². The lowest BCUT2D eigenvalue weighted by atomic mass is 10.2. The lowest BCUT2D eigenvalue weighted by Crippen LogP contribution is -2.27. The maximum absolute atomic E-state index is 10.0. The first-order valence-corrected chi connectivity index (χ1v) is 4.41. The van der Waals surface area contributed by atoms with Crippen LogP contribution in [0.5, 0.6) is 0 Å². The highest BCUT2D eigenvalue weighted by molar-refractivity contribution is 6.32. The molecule has 0 aromatic heterocycles. The molecular weight excluding hydrogens is 206 g/mol. The van der Waals surface area contributed by atoms with Crippen LogP contribution in [0.2, 0.25) is 5.15 Å². The van der Waals surface area contributed by atoms with Gasteiger partial charge >= 0.3 is 6.09 Å². The molecule has 78 valence electrons. The summed E-state index contributed by atoms with van der Waals surface area (Å²) in [5, 5.41) is 4.37. The van der Waals surface area contributed by atoms with Crippen molar-refractivity contribution in [2.45, 2.75) is 26.4 Å². The van der Waals surface area contributed by atoms with E-state index in [2.05, 4.69) is 9.84 Å². The van der Waals surface area contributed by atoms with Gasteiger partial charge in [0.2, 0.25) is 0 Å². The number of nitrogens with two attached hydrogens (primary N) is 1. The van der Waals surface area contributed by atoms with Gasteiger partial charge in [-0.2, -0.15) is 5.10 Å². The molecule has 0 aliphatic carbocycles. The Morgan fingerprint density at radius 1 is 1.64 bits per heavy atom. The van der Waals surface area contributed by atoms with Crippen molar-refractivity contribution in [1.82, 2.24) is 9.78 Å². The molecule has 0 aromatic rings. The summed E-state index contributed by atoms with van der Waals surface area (Å²) in [6.07, 6.45) is 1.15. The van der Waals surface area contributed by atoms with Crippen molar-refractivity contribution in [1.29, 1.82) is 0 Å². The molecule has 2 aliphatic rings. The maximum Gasteiger partial charge on any atom is 0.405 e. The molecule has 14 heavy (non-hydrogen) atoms. The number of ether oxygens (including phenoxy) is 1. The number of carbonyl (C=O) groups excluding carboxylic acids is 1. The third-order valence-electron chi connectivity index (χ3n) is 1.24. The summed E-state index contributed by atoms with van der Waals surface area (Å²) in [6.45, 7) is 5.28. The summed E-state index contributed by atoms with van der Waals surface area (Å²) in [7, 11) is 0. The average molecular weight is 218 g/mol. The second-order valence-corrected chi connectivity index (χ2v) is 4.14. The van der Waals surface area contributed by atoms with Crippen molar-refractivity contribution < 1.29 is 9.53 Å². The summed E-state index contributed by atoms with van der Waals surface area (Å²) in [5.74, 6) is 0. The number of hydrogen-bond acceptors (Lipinski definition) is 3. The van der Waals surface area contributed by atoms with Gasteiger partial charge in [0.25, 0.3) is 0 Å². The Bertz CT molecular complexity index is 354. The first-order valence-electron chi connectivity index (χ1n) is 4.03. The van der Waals surface area contributed by atoms with Crippen LogP contribution >= 0.6 is 11.6 Å². The molecule has 0 radical (unpaired) electrons. The molecule has 0 atom stereocenters. The van der Waals surface area contributed by atoms with Crippen molar-refractivity contribution in [2.75, 3.05) is 0 Å². The molecule has 2 aliphatic heterocycles. The molecule has 0 saturated carbocycles. The number of amides is 1. The van der Waals surface area contributed by atoms with Crippen molar-refractivity contribution in [3.63, 3.8) is 0 Å². The van der Waals surface area contributed by atoms with Crippen LogP contribution in [0, 0.1) is 0 Å². The summed E-state index contributed by atoms with van der Waals surface area (Å²) in [5.41, 5.74) is 5.35. The van der Waals surface area contributed by atoms with E-state index in [1.165, 1.54) is 0 Å². The molecule has 0 aromatic carbocycles. The van der Waals surface area contributed by atoms with Crippen LogP contribution < -0.4 is 5.73 Å². The van der Waals surface area contributed by atoms with Gasteiger partial charge in [0.15, 0.2) is 5.15 Å². The minimum Gasteiger partial charge on any atom is -0.444 e. The number of rotatable bonds is 0. The quantitative estimate of drug-likeness (QED) is 0.731. The number of hydrogen-bond donors (Lipinski definition) is 1. The van der Waals surface area contributed by atoms with Crippen LogP contribution in [0.15, 0.2) is 6.20 Å². The molecule has 0 fully saturated rings. The summed E-state index contributed by atoms with van der Waals surface area (Å²) in [6, 6.07) is 0. The highest BCUT2D eigenvalue weighted by Gasteiger charge is 2.20. The van der Waals surface area contributed by atoms with E-state index >= 15 is 0 Å². The summed E-state index contributed by atoms with van der Waals surface area (Å²) < 4.78 is 6.31. The smallest absolute Gasteiger partial charge is 0.405 e. The van der Waals surface area contributed by atoms with Gasteiger partial charge < -0.3 is 10.5 Å². The zero-order valence-electron chi connectivity index (χ0n) is 8.24. The zero-order valence-corrected chi connectivity index (χ0v) is 9.00. The van der Waals surface area contributed by atoms with E-state index in [9.17, 15) is 4.79 Å². The van der Waals surface area contributed by atoms with E-state index in [-0.39, 0.29) is 0 Å². The molecule has 0 spiro atoms. The molecule has 0 unspecified atom stereocenters. The Morgan fingerprint density at radius 2 is 2.21 bits per heavy atom. The van der Waals surface area contributed by atoms with Gasteiger partial charge in [0, 0.05) is 0 Å². The van der Waals surface area contributed by atoms with Crippen LogP contribution in [0.1, 0.15) is 20.8 Å². The van der Waals surface area contributed by atoms with Crippen molar-refractivity contribution in [3.05, 3.63) is 11.3 Å². The first kappa shape index (κ1) is 10.8. The number of primary amides is 1. The fourth-order valence-electron chi connectivity index (χ4n) is 0.720. The van der Waals surface area contributed by atoms with Gasteiger partial charge in [-0.25, -0.2) is 9.48 Å². The van der Waals surface area contributed by atoms with E-state index in [1.54, 1.807) is 25.5 Å². The lowest BCUT2D eigenvalue weighted by Gasteiger charge is -2.16. The molecule has 2 N–H and O–H groups in total. The van der Waals surface area contributed by atoms with Gasteiger partial charge in [-0.15, -0.1) is 0 Å². The molecule has 0 bridgehead atoms. The Hall–Kier alpha value is -1.23. The third kappa shape index (κ3) is 3.26. The second kappa shape index (κ2) is 3.49. The van der Waals surface area contributed by atoms with Crippen molar-refractivity contribution in [2.24, 2.45) is 5.73 Å². The largest absolute Gasteiger partial charge is 0.444 e. The van der Waals surface area contributed by atoms with Crippen LogP contribution in [0.25, 0.3) is 5.69 Å². The third-order valence-corrected chi connectivity index (χ3v) is 1.51. The average Bonchev–Trinajstić information content (AvgIpc) is 2.56. The van der Waals surface area contributed by atoms with Crippen LogP contribution in [-0.2, 0) is 4.74 Å². The van der Waals surface area contributed by atoms with E-state index < -0.39 is 11.7 Å². The minimum absolute atomic E-state index is 0.453. The van der Waals surface area contributed by atoms with Gasteiger partial charge in [-0.3, -0.25) is 0 Å². The van der Waals surface area contributed by atoms with E-state index in [0.717, 1.165) is 5.69 Å². The van der Waals surface area contributed by atoms with Crippen LogP contribution in [-0.4, -0.2) is 21.5 Å². The summed E-state index contributed by atoms with van der Waals surface area (Å²) in [4.78, 5) is 10.0. The highest BCUT2D eigenvalue weighted by Crippen LogP contribution is 2.29. The predicted molar refractivity (Wildman–Crippen MR) is 52.6 cm³/mol. The second-order valence-electron chi connectivity index (χ2n) is 3.78. The van der Waals surface area contributed by atoms with Crippen molar-refractivity contribution in [3.8, 4) is 5.69 Å². The first-order chi connectivity index (χ1) is 6.29. The standard InChI is InChI=1S/C5H11NO2.C3HClN2/c1-5(2,3)8-4(6)7;4-3-2-1-6(2)5-3/h1-3H3,(H2,6,7);1H. The maximum atomic E-state index is 10.0. The van der Waals surface area contributed by atoms with Crippen molar-refractivity contribution >= 4 is 17.7 Å². The predicted octanol–water partition coefficient (Wildman–Crippen LogP) is 1.72. The number of carbonyl (C=O) groups is 1. The Labute approximate surface area is 86.8 Å². The van der Waals surface area contributed by atoms with E-state index in [0.29, 0.717) is 5.15 Å². The highest BCUT2D eigenvalue weighted by atomic mass is 35.5. The lowest BCUT2D eigenvalue weighted by molar-refractivity contribution is 0.0600. The van der Waals surface area contributed by atoms with Crippen LogP contribution in [0.3, 0.4) is 0 Å². The van der Waals surface area contributed by atoms with Gasteiger partial charge in [0.1, 0.15) is 11.3 Å². The molecule has 1 amide bonds. The molecule has 0 saturated heterocycles. The SMILES string of the molecule is CC(C)(C)OC(N)=O.Clc1nn2cc1-2. The number of fused-ring (bicyclic) bond motifs is 1. The normalized spacial score (nSPS) is 11.4. The number of nitrogens with zero attached hydrogens (tertiary/aromatic N) is 2. The Kier molecular flexibility index (Phi) is 2.71. The Balaban J connectivity index is 0.000000143. The number of halogens is 1. The van der Waals surface area contributed by atoms with E-state index in [4.69, 9.17) is 17.3 Å². The molecule has 2 heterocycles. The minimum atomic E-state index is -0.725. The monoisotopic (exact) mass is 217 g/mol. The zero-order chi connectivity index (χ0) is 10.9. The van der Waals surface area contributed by atoms with Gasteiger partial charge in [-0.05, 0) is 20.8 Å². The molecule has 5 nitrogen and oxygen atoms in total. The fraction of sp³-hybridized carbons (Fsp3) is 0.500. The Morgan fingerprint density at radius 3 is 2.21 bits per heavy atom. The van der Waals surface area contributed by atoms with Gasteiger partial charge in [-0.1, -0.05) is 11.6 Å². The molecular formula is C8H12ClN3O2. The van der Waals surface area contributed by atoms with E-state index in [1.807, 2.05) is 6.20 Å². The molecule has 6 heteroatoms. The van der Waals surface area contributed by atoms with Crippen LogP contribution in [0.4, 0.5) is 4.79 Å².